The number of thiazole rings is 1. The van der Waals surface area contributed by atoms with Gasteiger partial charge in [0.05, 0.1) is 30.6 Å². The lowest BCUT2D eigenvalue weighted by atomic mass is 9.96. The van der Waals surface area contributed by atoms with Crippen LogP contribution in [0.4, 0.5) is 16.3 Å². The highest BCUT2D eigenvalue weighted by molar-refractivity contribution is 7.07. The molecule has 202 valence electrons. The number of nitrogens with one attached hydrogen (secondary N) is 2. The summed E-state index contributed by atoms with van der Waals surface area (Å²) in [6.45, 7) is 3.29. The molecule has 1 aromatic carbocycles. The second-order valence-electron chi connectivity index (χ2n) is 10.1. The molecule has 1 saturated heterocycles. The summed E-state index contributed by atoms with van der Waals surface area (Å²) < 4.78 is 1.94. The van der Waals surface area contributed by atoms with Crippen molar-refractivity contribution in [1.82, 2.24) is 35.1 Å². The van der Waals surface area contributed by atoms with Crippen LogP contribution in [0.2, 0.25) is 0 Å². The Morgan fingerprint density at radius 1 is 1.23 bits per heavy atom. The molecule has 13 heteroatoms. The Bertz CT molecular complexity index is 1550. The normalized spacial score (nSPS) is 18.9. The highest BCUT2D eigenvalue weighted by atomic mass is 32.1. The number of aromatic nitrogens is 5. The van der Waals surface area contributed by atoms with Crippen molar-refractivity contribution in [3.05, 3.63) is 46.8 Å². The van der Waals surface area contributed by atoms with Crippen LogP contribution in [0.5, 0.6) is 0 Å². The number of imidazole rings is 1. The molecule has 39 heavy (non-hydrogen) atoms. The second kappa shape index (κ2) is 9.80. The Morgan fingerprint density at radius 2 is 2.08 bits per heavy atom. The second-order valence-corrected chi connectivity index (χ2v) is 10.8. The zero-order valence-electron chi connectivity index (χ0n) is 21.4. The van der Waals surface area contributed by atoms with Crippen molar-refractivity contribution in [3.63, 3.8) is 0 Å². The molecule has 6 rings (SSSR count). The Balaban J connectivity index is 1.43. The van der Waals surface area contributed by atoms with E-state index in [0.29, 0.717) is 36.5 Å². The maximum Gasteiger partial charge on any atom is 0.405 e. The number of fused-ring (bicyclic) bond motifs is 1. The lowest BCUT2D eigenvalue weighted by molar-refractivity contribution is -0.126. The summed E-state index contributed by atoms with van der Waals surface area (Å²) in [7, 11) is 0. The zero-order valence-corrected chi connectivity index (χ0v) is 22.2. The lowest BCUT2D eigenvalue weighted by Gasteiger charge is -2.30. The number of nitrogens with two attached hydrogens (primary N) is 1. The third-order valence-electron chi connectivity index (χ3n) is 7.49. The van der Waals surface area contributed by atoms with Gasteiger partial charge in [-0.25, -0.2) is 24.7 Å². The lowest BCUT2D eigenvalue weighted by Crippen LogP contribution is -2.60. The summed E-state index contributed by atoms with van der Waals surface area (Å²) in [5, 5.41) is 17.2. The fourth-order valence-corrected chi connectivity index (χ4v) is 5.86. The quantitative estimate of drug-likeness (QED) is 0.259. The largest absolute Gasteiger partial charge is 0.465 e. The van der Waals surface area contributed by atoms with Gasteiger partial charge in [-0.3, -0.25) is 4.79 Å². The summed E-state index contributed by atoms with van der Waals surface area (Å²) >= 11 is 1.53. The minimum Gasteiger partial charge on any atom is -0.465 e. The fraction of sp³-hybridized carbons (Fsp3) is 0.385. The van der Waals surface area contributed by atoms with Gasteiger partial charge in [0.25, 0.3) is 0 Å². The number of nitrogen functional groups attached to an aromatic ring is 1. The Labute approximate surface area is 228 Å². The molecule has 2 amide bonds. The van der Waals surface area contributed by atoms with E-state index in [2.05, 4.69) is 54.5 Å². The third-order valence-corrected chi connectivity index (χ3v) is 8.08. The molecule has 2 fully saturated rings. The van der Waals surface area contributed by atoms with E-state index in [1.54, 1.807) is 11.8 Å². The van der Waals surface area contributed by atoms with Gasteiger partial charge in [0.1, 0.15) is 17.4 Å². The molecule has 12 nitrogen and oxygen atoms in total. The van der Waals surface area contributed by atoms with Crippen LogP contribution in [0.3, 0.4) is 0 Å². The van der Waals surface area contributed by atoms with Crippen LogP contribution in [-0.2, 0) is 17.8 Å². The van der Waals surface area contributed by atoms with Crippen LogP contribution >= 0.6 is 11.3 Å². The molecule has 4 aromatic rings. The molecule has 1 aliphatic heterocycles. The summed E-state index contributed by atoms with van der Waals surface area (Å²) in [4.78, 5) is 44.6. The minimum absolute atomic E-state index is 0.123. The number of rotatable bonds is 8. The van der Waals surface area contributed by atoms with Gasteiger partial charge in [0.15, 0.2) is 11.5 Å². The van der Waals surface area contributed by atoms with Crippen molar-refractivity contribution in [2.45, 2.75) is 50.7 Å². The minimum atomic E-state index is -1.24. The van der Waals surface area contributed by atoms with Gasteiger partial charge in [0.2, 0.25) is 5.91 Å². The van der Waals surface area contributed by atoms with Crippen molar-refractivity contribution >= 4 is 46.0 Å². The van der Waals surface area contributed by atoms with Crippen LogP contribution in [0.15, 0.2) is 35.7 Å². The van der Waals surface area contributed by atoms with Gasteiger partial charge < -0.3 is 30.9 Å². The van der Waals surface area contributed by atoms with Crippen molar-refractivity contribution in [3.8, 4) is 11.3 Å². The predicted octanol–water partition coefficient (Wildman–Crippen LogP) is 2.64. The summed E-state index contributed by atoms with van der Waals surface area (Å²) in [6.07, 6.45) is 4.88. The van der Waals surface area contributed by atoms with Gasteiger partial charge >= 0.3 is 6.09 Å². The molecule has 3 aromatic heterocycles. The number of amides is 2. The summed E-state index contributed by atoms with van der Waals surface area (Å²) in [5.74, 6) is 0.0508. The van der Waals surface area contributed by atoms with Crippen LogP contribution in [0, 0.1) is 0 Å². The van der Waals surface area contributed by atoms with Gasteiger partial charge in [-0.1, -0.05) is 6.92 Å². The first-order valence-electron chi connectivity index (χ1n) is 12.9. The van der Waals surface area contributed by atoms with Gasteiger partial charge in [-0.2, -0.15) is 0 Å². The van der Waals surface area contributed by atoms with Crippen LogP contribution in [0.25, 0.3) is 22.4 Å². The molecule has 1 atom stereocenters. The molecule has 1 saturated carbocycles. The maximum atomic E-state index is 13.3. The highest BCUT2D eigenvalue weighted by Crippen LogP contribution is 2.37. The zero-order chi connectivity index (χ0) is 27.1. The Morgan fingerprint density at radius 3 is 2.79 bits per heavy atom. The van der Waals surface area contributed by atoms with Gasteiger partial charge in [0, 0.05) is 29.2 Å². The van der Waals surface area contributed by atoms with Gasteiger partial charge in [-0.05, 0) is 48.9 Å². The number of anilines is 2. The number of hydrogen-bond donors (Lipinski definition) is 4. The predicted molar refractivity (Wildman–Crippen MR) is 148 cm³/mol. The number of carbonyl (C=O) groups excluding carboxylic acids is 1. The van der Waals surface area contributed by atoms with Crippen LogP contribution in [0.1, 0.15) is 37.3 Å². The van der Waals surface area contributed by atoms with E-state index in [1.807, 2.05) is 9.95 Å². The number of aryl methyl sites for hydroxylation is 1. The third kappa shape index (κ3) is 4.73. The first kappa shape index (κ1) is 25.0. The Hall–Kier alpha value is -4.26. The highest BCUT2D eigenvalue weighted by Gasteiger charge is 2.48. The number of hydrogen-bond acceptors (Lipinski definition) is 9. The molecule has 0 bridgehead atoms. The topological polar surface area (TPSA) is 164 Å². The monoisotopic (exact) mass is 547 g/mol. The summed E-state index contributed by atoms with van der Waals surface area (Å²) in [6, 6.07) is 4.36. The first-order valence-corrected chi connectivity index (χ1v) is 13.8. The SMILES string of the molecule is CCc1cc(-c2cscn2)cc(N2CCC(NC(=O)O)(C(=O)NC3CC3)C2)c1Cn1cnc2c(N)ncnc21. The molecule has 2 aliphatic rings. The van der Waals surface area contributed by atoms with E-state index in [9.17, 15) is 14.7 Å². The number of carboxylic acid groups (broad SMARTS) is 1. The van der Waals surface area contributed by atoms with Crippen molar-refractivity contribution in [2.24, 2.45) is 0 Å². The van der Waals surface area contributed by atoms with E-state index in [1.165, 1.54) is 17.7 Å². The smallest absolute Gasteiger partial charge is 0.405 e. The molecule has 0 spiro atoms. The van der Waals surface area contributed by atoms with Crippen LogP contribution in [-0.4, -0.2) is 66.3 Å². The summed E-state index contributed by atoms with van der Waals surface area (Å²) in [5.41, 5.74) is 12.7. The van der Waals surface area contributed by atoms with Crippen LogP contribution < -0.4 is 21.3 Å². The number of carbonyl (C=O) groups is 2. The molecular formula is C26H29N9O3S. The fourth-order valence-electron chi connectivity index (χ4n) is 5.30. The average Bonchev–Trinajstić information content (AvgIpc) is 3.28. The molecule has 4 heterocycles. The van der Waals surface area contributed by atoms with E-state index in [0.717, 1.165) is 47.3 Å². The van der Waals surface area contributed by atoms with Crippen molar-refractivity contribution in [1.29, 1.82) is 0 Å². The van der Waals surface area contributed by atoms with E-state index in [-0.39, 0.29) is 18.5 Å². The van der Waals surface area contributed by atoms with E-state index in [4.69, 9.17) is 5.73 Å². The van der Waals surface area contributed by atoms with Gasteiger partial charge in [-0.15, -0.1) is 11.3 Å². The molecule has 5 N–H and O–H groups in total. The van der Waals surface area contributed by atoms with E-state index < -0.39 is 11.6 Å². The number of benzene rings is 1. The maximum absolute atomic E-state index is 13.3. The van der Waals surface area contributed by atoms with E-state index >= 15 is 0 Å². The molecule has 0 radical (unpaired) electrons. The Kier molecular flexibility index (Phi) is 6.29. The number of nitrogens with zero attached hydrogens (tertiary/aromatic N) is 6. The molecule has 1 unspecified atom stereocenters. The molecular weight excluding hydrogens is 518 g/mol. The standard InChI is InChI=1S/C26H29N9O3S/c1-2-15-7-16(19-10-39-14-31-19)8-20(18(15)9-35-13-30-21-22(27)28-12-29-23(21)35)34-6-5-26(11-34,33-25(37)38)24(36)32-17-3-4-17/h7-8,10,12-14,17,33H,2-6,9,11H2,1H3,(H,32,36)(H,37,38)(H2,27,28,29). The average molecular weight is 548 g/mol. The molecule has 1 aliphatic carbocycles. The van der Waals surface area contributed by atoms with Crippen molar-refractivity contribution < 1.29 is 14.7 Å². The first-order chi connectivity index (χ1) is 18.9. The van der Waals surface area contributed by atoms with Crippen molar-refractivity contribution in [2.75, 3.05) is 23.7 Å².